The van der Waals surface area contributed by atoms with Gasteiger partial charge in [0, 0.05) is 29.7 Å². The van der Waals surface area contributed by atoms with E-state index in [0.29, 0.717) is 27.2 Å². The molecule has 3 aromatic rings. The number of nitrogens with one attached hydrogen (secondary N) is 2. The molecule has 6 nitrogen and oxygen atoms in total. The van der Waals surface area contributed by atoms with Crippen LogP contribution in [0.4, 0.5) is 11.6 Å². The number of carbonyl (C=O) groups is 1. The van der Waals surface area contributed by atoms with Gasteiger partial charge in [-0.1, -0.05) is 62.4 Å². The van der Waals surface area contributed by atoms with Crippen molar-refractivity contribution in [2.45, 2.75) is 20.3 Å². The zero-order valence-electron chi connectivity index (χ0n) is 18.3. The van der Waals surface area contributed by atoms with Gasteiger partial charge in [-0.3, -0.25) is 4.79 Å². The number of amides is 1. The van der Waals surface area contributed by atoms with Gasteiger partial charge < -0.3 is 10.6 Å². The molecule has 0 saturated heterocycles. The minimum Gasteiger partial charge on any atom is -0.324 e. The highest BCUT2D eigenvalue weighted by atomic mass is 79.9. The van der Waals surface area contributed by atoms with Crippen LogP contribution in [0.2, 0.25) is 5.15 Å². The van der Waals surface area contributed by atoms with Crippen LogP contribution < -0.4 is 10.6 Å². The van der Waals surface area contributed by atoms with Gasteiger partial charge in [0.25, 0.3) is 0 Å². The van der Waals surface area contributed by atoms with Crippen molar-refractivity contribution < 1.29 is 4.79 Å². The topological polar surface area (TPSA) is 79.8 Å². The van der Waals surface area contributed by atoms with E-state index in [-0.39, 0.29) is 12.3 Å². The van der Waals surface area contributed by atoms with E-state index in [1.165, 1.54) is 6.20 Å². The largest absolute Gasteiger partial charge is 0.324 e. The molecule has 0 aliphatic heterocycles. The Morgan fingerprint density at radius 1 is 1.12 bits per heavy atom. The summed E-state index contributed by atoms with van der Waals surface area (Å²) < 4.78 is 0.624. The summed E-state index contributed by atoms with van der Waals surface area (Å²) in [5.41, 5.74) is 6.91. The van der Waals surface area contributed by atoms with Gasteiger partial charge in [0.15, 0.2) is 0 Å². The highest BCUT2D eigenvalue weighted by molar-refractivity contribution is 9.10. The molecular weight excluding hydrogens is 502 g/mol. The first-order valence-electron chi connectivity index (χ1n) is 10.2. The summed E-state index contributed by atoms with van der Waals surface area (Å²) in [5, 5.41) is 6.33. The maximum Gasteiger partial charge on any atom is 0.228 e. The molecule has 0 radical (unpaired) electrons. The smallest absolute Gasteiger partial charge is 0.228 e. The highest BCUT2D eigenvalue weighted by Gasteiger charge is 2.08. The summed E-state index contributed by atoms with van der Waals surface area (Å²) in [6.07, 6.45) is 9.07. The quantitative estimate of drug-likeness (QED) is 0.202. The van der Waals surface area contributed by atoms with E-state index in [1.54, 1.807) is 24.5 Å². The van der Waals surface area contributed by atoms with Crippen LogP contribution in [0.5, 0.6) is 0 Å². The van der Waals surface area contributed by atoms with Crippen LogP contribution in [-0.2, 0) is 11.2 Å². The molecule has 3 rings (SSSR count). The van der Waals surface area contributed by atoms with Crippen LogP contribution in [0.15, 0.2) is 83.6 Å². The molecule has 1 aromatic carbocycles. The van der Waals surface area contributed by atoms with E-state index in [1.807, 2.05) is 30.3 Å². The van der Waals surface area contributed by atoms with Crippen molar-refractivity contribution in [3.63, 3.8) is 0 Å². The normalized spacial score (nSPS) is 11.1. The Bertz CT molecular complexity index is 1200. The van der Waals surface area contributed by atoms with Crippen molar-refractivity contribution in [1.29, 1.82) is 0 Å². The Labute approximate surface area is 206 Å². The van der Waals surface area contributed by atoms with Crippen molar-refractivity contribution in [2.24, 2.45) is 5.92 Å². The molecule has 1 amide bonds. The van der Waals surface area contributed by atoms with Gasteiger partial charge in [-0.15, -0.1) is 5.73 Å². The lowest BCUT2D eigenvalue weighted by atomic mass is 10.1. The van der Waals surface area contributed by atoms with Crippen molar-refractivity contribution in [3.05, 3.63) is 94.3 Å². The number of halogens is 2. The summed E-state index contributed by atoms with van der Waals surface area (Å²) in [6, 6.07) is 9.42. The van der Waals surface area contributed by atoms with E-state index in [4.69, 9.17) is 11.6 Å². The lowest BCUT2D eigenvalue weighted by Crippen LogP contribution is -2.14. The van der Waals surface area contributed by atoms with Gasteiger partial charge in [0.2, 0.25) is 11.9 Å². The Balaban J connectivity index is 1.63. The van der Waals surface area contributed by atoms with Crippen molar-refractivity contribution in [1.82, 2.24) is 15.0 Å². The number of hydrogen-bond donors (Lipinski definition) is 2. The second-order valence-electron chi connectivity index (χ2n) is 7.55. The molecule has 8 heteroatoms. The Morgan fingerprint density at radius 3 is 2.42 bits per heavy atom. The third kappa shape index (κ3) is 7.39. The van der Waals surface area contributed by atoms with E-state index in [0.717, 1.165) is 22.4 Å². The number of hydrogen-bond acceptors (Lipinski definition) is 5. The molecule has 0 atom stereocenters. The molecule has 2 heterocycles. The summed E-state index contributed by atoms with van der Waals surface area (Å²) >= 11 is 9.18. The maximum atomic E-state index is 12.3. The van der Waals surface area contributed by atoms with Gasteiger partial charge in [0.1, 0.15) is 5.15 Å². The van der Waals surface area contributed by atoms with Crippen LogP contribution >= 0.6 is 27.5 Å². The van der Waals surface area contributed by atoms with Crippen LogP contribution in [0.1, 0.15) is 19.4 Å². The number of benzene rings is 1. The minimum atomic E-state index is -0.142. The molecule has 2 N–H and O–H groups in total. The van der Waals surface area contributed by atoms with Crippen LogP contribution in [-0.4, -0.2) is 20.9 Å². The fourth-order valence-electron chi connectivity index (χ4n) is 2.96. The van der Waals surface area contributed by atoms with Gasteiger partial charge in [-0.25, -0.2) is 15.0 Å². The molecule has 33 heavy (non-hydrogen) atoms. The Kier molecular flexibility index (Phi) is 8.55. The predicted molar refractivity (Wildman–Crippen MR) is 137 cm³/mol. The third-order valence-corrected chi connectivity index (χ3v) is 5.54. The molecule has 0 aliphatic rings. The molecule has 0 aliphatic carbocycles. The second-order valence-corrected chi connectivity index (χ2v) is 8.77. The second kappa shape index (κ2) is 11.6. The van der Waals surface area contributed by atoms with Crippen molar-refractivity contribution in [2.75, 3.05) is 10.6 Å². The average molecular weight is 525 g/mol. The van der Waals surface area contributed by atoms with Gasteiger partial charge in [-0.05, 0) is 39.0 Å². The van der Waals surface area contributed by atoms with Crippen LogP contribution in [0, 0.1) is 5.92 Å². The molecule has 0 fully saturated rings. The molecule has 0 unspecified atom stereocenters. The van der Waals surface area contributed by atoms with E-state index >= 15 is 0 Å². The molecule has 0 saturated carbocycles. The number of pyridine rings is 1. The van der Waals surface area contributed by atoms with E-state index < -0.39 is 0 Å². The first-order valence-corrected chi connectivity index (χ1v) is 11.4. The number of carbonyl (C=O) groups excluding carboxylic acids is 1. The highest BCUT2D eigenvalue weighted by Crippen LogP contribution is 2.23. The zero-order chi connectivity index (χ0) is 23.8. The number of rotatable bonds is 8. The molecule has 0 spiro atoms. The Morgan fingerprint density at radius 2 is 1.82 bits per heavy atom. The SMILES string of the molecule is C=C=C/C(=C\C(C)C)Nc1ncc(-c2ccc(CC(=O)Nc3cnc(Cl)c(Br)c3)cc2)cn1. The lowest BCUT2D eigenvalue weighted by Gasteiger charge is -2.08. The van der Waals surface area contributed by atoms with E-state index in [9.17, 15) is 4.79 Å². The fourth-order valence-corrected chi connectivity index (χ4v) is 3.41. The number of aromatic nitrogens is 3. The van der Waals surface area contributed by atoms with Crippen LogP contribution in [0.25, 0.3) is 11.1 Å². The van der Waals surface area contributed by atoms with Gasteiger partial charge >= 0.3 is 0 Å². The van der Waals surface area contributed by atoms with Crippen LogP contribution in [0.3, 0.4) is 0 Å². The molecule has 168 valence electrons. The number of anilines is 2. The number of nitrogens with zero attached hydrogens (tertiary/aromatic N) is 3. The fraction of sp³-hybridized carbons (Fsp3) is 0.160. The van der Waals surface area contributed by atoms with E-state index in [2.05, 4.69) is 67.7 Å². The standard InChI is InChI=1S/C25H23BrClN5O/c1-4-5-20(10-16(2)3)32-25-29-13-19(14-30-25)18-8-6-17(7-9-18)11-23(33)31-21-12-22(26)24(27)28-15-21/h5-10,12-16H,1,11H2,2-3H3,(H,31,33)(H,29,30,32)/b20-10+. The number of allylic oxidation sites excluding steroid dienone is 2. The predicted octanol–water partition coefficient (Wildman–Crippen LogP) is 6.43. The lowest BCUT2D eigenvalue weighted by molar-refractivity contribution is -0.115. The van der Waals surface area contributed by atoms with Crippen molar-refractivity contribution in [3.8, 4) is 11.1 Å². The summed E-state index contributed by atoms with van der Waals surface area (Å²) in [5.74, 6) is 0.715. The summed E-state index contributed by atoms with van der Waals surface area (Å²) in [4.78, 5) is 25.1. The average Bonchev–Trinajstić information content (AvgIpc) is 2.77. The van der Waals surface area contributed by atoms with Gasteiger partial charge in [-0.2, -0.15) is 0 Å². The first-order chi connectivity index (χ1) is 15.8. The molecule has 2 aromatic heterocycles. The molecular formula is C25H23BrClN5O. The van der Waals surface area contributed by atoms with Crippen molar-refractivity contribution >= 4 is 45.1 Å². The Hall–Kier alpha value is -3.25. The molecule has 0 bridgehead atoms. The third-order valence-electron chi connectivity index (χ3n) is 4.41. The summed E-state index contributed by atoms with van der Waals surface area (Å²) in [6.45, 7) is 7.79. The first kappa shape index (κ1) is 24.4. The summed E-state index contributed by atoms with van der Waals surface area (Å²) in [7, 11) is 0. The monoisotopic (exact) mass is 523 g/mol. The van der Waals surface area contributed by atoms with Gasteiger partial charge in [0.05, 0.1) is 22.8 Å². The minimum absolute atomic E-state index is 0.142. The zero-order valence-corrected chi connectivity index (χ0v) is 20.6. The maximum absolute atomic E-state index is 12.3.